The lowest BCUT2D eigenvalue weighted by atomic mass is 9.95. The normalized spacial score (nSPS) is 27.0. The Bertz CT molecular complexity index is 1730. The van der Waals surface area contributed by atoms with E-state index in [1.165, 1.54) is 12.8 Å². The van der Waals surface area contributed by atoms with Crippen LogP contribution < -0.4 is 9.64 Å². The number of alkyl halides is 1. The monoisotopic (exact) mass is 603 g/mol. The van der Waals surface area contributed by atoms with E-state index in [1.54, 1.807) is 18.3 Å². The smallest absolute Gasteiger partial charge is 0.319 e. The molecule has 2 aromatic heterocycles. The number of phenols is 1. The van der Waals surface area contributed by atoms with Crippen LogP contribution in [0.15, 0.2) is 36.5 Å². The molecule has 0 aliphatic carbocycles. The van der Waals surface area contributed by atoms with Gasteiger partial charge in [-0.15, -0.1) is 0 Å². The predicted octanol–water partition coefficient (Wildman–Crippen LogP) is 6.29. The first-order valence-corrected chi connectivity index (χ1v) is 16.4. The number of halogens is 2. The predicted molar refractivity (Wildman–Crippen MR) is 166 cm³/mol. The zero-order chi connectivity index (χ0) is 29.3. The van der Waals surface area contributed by atoms with Gasteiger partial charge in [-0.1, -0.05) is 25.1 Å². The third-order valence-corrected chi connectivity index (χ3v) is 11.4. The van der Waals surface area contributed by atoms with E-state index < -0.39 is 12.0 Å². The van der Waals surface area contributed by atoms with Crippen molar-refractivity contribution >= 4 is 39.3 Å². The number of phenolic OH excluding ortho intramolecular Hbond substituents is 1. The van der Waals surface area contributed by atoms with Crippen molar-refractivity contribution in [3.63, 3.8) is 0 Å². The molecule has 4 saturated heterocycles. The van der Waals surface area contributed by atoms with Crippen LogP contribution in [-0.4, -0.2) is 80.0 Å². The number of aromatic hydroxyl groups is 1. The average molecular weight is 604 g/mol. The highest BCUT2D eigenvalue weighted by Gasteiger charge is 2.49. The number of benzene rings is 2. The number of hydrogen-bond acceptors (Lipinski definition) is 8. The SMILES string of the molecule is CCc1cccc2cc(O)cc(-c3ncc4c(N5CC6CCC(C5)S6)nc(OC[C@@]56CCCN5C[C@H](F)C6)nc4c3F)c12. The largest absolute Gasteiger partial charge is 0.508 e. The lowest BCUT2D eigenvalue weighted by molar-refractivity contribution is 0.107. The van der Waals surface area contributed by atoms with E-state index in [0.29, 0.717) is 40.2 Å². The molecule has 224 valence electrons. The first kappa shape index (κ1) is 27.3. The third kappa shape index (κ3) is 4.60. The van der Waals surface area contributed by atoms with Crippen LogP contribution in [0.4, 0.5) is 14.6 Å². The quantitative estimate of drug-likeness (QED) is 0.276. The Morgan fingerprint density at radius 1 is 1.14 bits per heavy atom. The number of ether oxygens (including phenoxy) is 1. The van der Waals surface area contributed by atoms with E-state index >= 15 is 4.39 Å². The van der Waals surface area contributed by atoms with Crippen molar-refractivity contribution in [3.8, 4) is 23.0 Å². The standard InChI is InChI=1S/C33H35F2N5O2S/c1-2-19-5-3-6-20-11-22(41)12-25(27(19)20)29-28(35)30-26(14-36-29)31(39-16-23-7-8-24(17-39)43-23)38-32(37-30)42-18-33-9-4-10-40(33)15-21(34)13-33/h3,5-6,11-12,14,21,23-24,41H,2,4,7-10,13,15-18H2,1H3/t21-,23?,24?,33+/m1/s1. The van der Waals surface area contributed by atoms with Crippen LogP contribution in [0.25, 0.3) is 32.9 Å². The van der Waals surface area contributed by atoms with Gasteiger partial charge in [-0.05, 0) is 67.1 Å². The highest BCUT2D eigenvalue weighted by atomic mass is 32.2. The Hall–Kier alpha value is -3.24. The van der Waals surface area contributed by atoms with Gasteiger partial charge in [0, 0.05) is 48.3 Å². The maximum Gasteiger partial charge on any atom is 0.319 e. The summed E-state index contributed by atoms with van der Waals surface area (Å²) in [6, 6.07) is 9.28. The molecule has 4 fully saturated rings. The molecule has 0 amide bonds. The number of rotatable bonds is 6. The van der Waals surface area contributed by atoms with Crippen molar-refractivity contribution < 1.29 is 18.6 Å². The molecule has 0 saturated carbocycles. The lowest BCUT2D eigenvalue weighted by Gasteiger charge is -2.33. The summed E-state index contributed by atoms with van der Waals surface area (Å²) in [5.74, 6) is 0.123. The fraction of sp³-hybridized carbons (Fsp3) is 0.485. The molecular formula is C33H35F2N5O2S. The topological polar surface area (TPSA) is 74.6 Å². The highest BCUT2D eigenvalue weighted by molar-refractivity contribution is 8.00. The molecule has 2 aromatic carbocycles. The van der Waals surface area contributed by atoms with Gasteiger partial charge in [-0.2, -0.15) is 21.7 Å². The first-order chi connectivity index (χ1) is 20.9. The minimum absolute atomic E-state index is 0.0499. The molecular weight excluding hydrogens is 568 g/mol. The summed E-state index contributed by atoms with van der Waals surface area (Å²) in [5, 5.41) is 13.9. The molecule has 2 unspecified atom stereocenters. The summed E-state index contributed by atoms with van der Waals surface area (Å²) < 4.78 is 37.5. The van der Waals surface area contributed by atoms with Crippen molar-refractivity contribution in [2.45, 2.75) is 67.7 Å². The lowest BCUT2D eigenvalue weighted by Crippen LogP contribution is -2.43. The number of aryl methyl sites for hydroxylation is 1. The van der Waals surface area contributed by atoms with Gasteiger partial charge in [0.15, 0.2) is 5.82 Å². The van der Waals surface area contributed by atoms with Crippen LogP contribution in [0.3, 0.4) is 0 Å². The molecule has 43 heavy (non-hydrogen) atoms. The van der Waals surface area contributed by atoms with E-state index in [9.17, 15) is 9.50 Å². The Kier molecular flexibility index (Phi) is 6.63. The van der Waals surface area contributed by atoms with Crippen LogP contribution >= 0.6 is 11.8 Å². The third-order valence-electron chi connectivity index (χ3n) is 9.90. The number of pyridine rings is 1. The molecule has 10 heteroatoms. The summed E-state index contributed by atoms with van der Waals surface area (Å²) in [5.41, 5.74) is 1.50. The van der Waals surface area contributed by atoms with Crippen LogP contribution in [0.5, 0.6) is 11.8 Å². The summed E-state index contributed by atoms with van der Waals surface area (Å²) in [7, 11) is 0. The fourth-order valence-corrected chi connectivity index (χ4v) is 9.54. The van der Waals surface area contributed by atoms with Crippen molar-refractivity contribution in [1.29, 1.82) is 0 Å². The number of aromatic nitrogens is 3. The number of nitrogens with zero attached hydrogens (tertiary/aromatic N) is 5. The maximum absolute atomic E-state index is 16.8. The zero-order valence-electron chi connectivity index (χ0n) is 24.2. The number of thioether (sulfide) groups is 1. The Labute approximate surface area is 253 Å². The van der Waals surface area contributed by atoms with Gasteiger partial charge in [0.05, 0.1) is 10.9 Å². The molecule has 1 N–H and O–H groups in total. The average Bonchev–Trinajstić information content (AvgIpc) is 3.65. The molecule has 8 rings (SSSR count). The highest BCUT2D eigenvalue weighted by Crippen LogP contribution is 2.44. The molecule has 4 aliphatic rings. The first-order valence-electron chi connectivity index (χ1n) is 15.4. The Morgan fingerprint density at radius 3 is 2.79 bits per heavy atom. The van der Waals surface area contributed by atoms with Gasteiger partial charge < -0.3 is 14.7 Å². The second kappa shape index (κ2) is 10.4. The number of hydrogen-bond donors (Lipinski definition) is 1. The Balaban J connectivity index is 1.26. The second-order valence-corrected chi connectivity index (χ2v) is 14.2. The van der Waals surface area contributed by atoms with Crippen LogP contribution in [0, 0.1) is 5.82 Å². The fourth-order valence-electron chi connectivity index (χ4n) is 7.92. The molecule has 4 aromatic rings. The molecule has 7 nitrogen and oxygen atoms in total. The molecule has 4 atom stereocenters. The van der Waals surface area contributed by atoms with Gasteiger partial charge in [0.1, 0.15) is 35.6 Å². The van der Waals surface area contributed by atoms with Gasteiger partial charge in [-0.3, -0.25) is 9.88 Å². The summed E-state index contributed by atoms with van der Waals surface area (Å²) >= 11 is 2.04. The van der Waals surface area contributed by atoms with Gasteiger partial charge in [0.2, 0.25) is 0 Å². The van der Waals surface area contributed by atoms with E-state index in [4.69, 9.17) is 9.72 Å². The van der Waals surface area contributed by atoms with Crippen LogP contribution in [0.1, 0.15) is 44.6 Å². The summed E-state index contributed by atoms with van der Waals surface area (Å²) in [6.45, 7) is 5.29. The molecule has 0 radical (unpaired) electrons. The van der Waals surface area contributed by atoms with Crippen molar-refractivity contribution in [1.82, 2.24) is 19.9 Å². The summed E-state index contributed by atoms with van der Waals surface area (Å²) in [6.07, 6.45) is 6.21. The minimum Gasteiger partial charge on any atom is -0.508 e. The number of anilines is 1. The van der Waals surface area contributed by atoms with Gasteiger partial charge in [0.25, 0.3) is 0 Å². The van der Waals surface area contributed by atoms with Crippen molar-refractivity contribution in [2.75, 3.05) is 37.7 Å². The van der Waals surface area contributed by atoms with Crippen LogP contribution in [0.2, 0.25) is 0 Å². The minimum atomic E-state index is -0.866. The molecule has 6 heterocycles. The van der Waals surface area contributed by atoms with Crippen molar-refractivity contribution in [2.24, 2.45) is 0 Å². The second-order valence-electron chi connectivity index (χ2n) is 12.6. The van der Waals surface area contributed by atoms with Crippen LogP contribution in [-0.2, 0) is 6.42 Å². The maximum atomic E-state index is 16.8. The number of fused-ring (bicyclic) bond motifs is 5. The summed E-state index contributed by atoms with van der Waals surface area (Å²) in [4.78, 5) is 18.6. The van der Waals surface area contributed by atoms with E-state index in [0.717, 1.165) is 55.2 Å². The molecule has 2 bridgehead atoms. The molecule has 0 spiro atoms. The zero-order valence-corrected chi connectivity index (χ0v) is 25.0. The van der Waals surface area contributed by atoms with Crippen molar-refractivity contribution in [3.05, 3.63) is 47.9 Å². The van der Waals surface area contributed by atoms with Gasteiger partial charge in [-0.25, -0.2) is 8.78 Å². The molecule has 4 aliphatic heterocycles. The van der Waals surface area contributed by atoms with E-state index in [-0.39, 0.29) is 35.1 Å². The van der Waals surface area contributed by atoms with E-state index in [2.05, 4.69) is 26.7 Å². The Morgan fingerprint density at radius 2 is 1.98 bits per heavy atom. The van der Waals surface area contributed by atoms with E-state index in [1.807, 2.05) is 30.0 Å². The van der Waals surface area contributed by atoms with Gasteiger partial charge >= 0.3 is 6.01 Å².